The summed E-state index contributed by atoms with van der Waals surface area (Å²) in [7, 11) is 0. The third kappa shape index (κ3) is 3.49. The van der Waals surface area contributed by atoms with Crippen LogP contribution in [0.1, 0.15) is 33.1 Å². The predicted octanol–water partition coefficient (Wildman–Crippen LogP) is 4.27. The molecule has 0 rings (SSSR count). The zero-order chi connectivity index (χ0) is 15.7. The van der Waals surface area contributed by atoms with Crippen molar-refractivity contribution in [1.82, 2.24) is 0 Å². The van der Waals surface area contributed by atoms with Crippen molar-refractivity contribution in [3.63, 3.8) is 0 Å². The van der Waals surface area contributed by atoms with E-state index < -0.39 is 30.2 Å². The van der Waals surface area contributed by atoms with Gasteiger partial charge in [-0.2, -0.15) is 30.7 Å². The largest absolute Gasteiger partial charge is 0.460 e. The Kier molecular flexibility index (Phi) is 5.24. The quantitative estimate of drug-likeness (QED) is 0.575. The van der Waals surface area contributed by atoms with Crippen molar-refractivity contribution >= 4 is 0 Å². The van der Waals surface area contributed by atoms with Crippen molar-refractivity contribution in [2.75, 3.05) is 0 Å². The number of rotatable bonds is 6. The molecule has 9 heteroatoms. The van der Waals surface area contributed by atoms with Gasteiger partial charge in [0.05, 0.1) is 0 Å². The van der Waals surface area contributed by atoms with E-state index in [-0.39, 0.29) is 12.3 Å². The Morgan fingerprint density at radius 2 is 1.32 bits per heavy atom. The lowest BCUT2D eigenvalue weighted by Crippen LogP contribution is -2.66. The van der Waals surface area contributed by atoms with Crippen LogP contribution in [0.15, 0.2) is 0 Å². The molecule has 0 aliphatic carbocycles. The summed E-state index contributed by atoms with van der Waals surface area (Å²) in [5, 5.41) is 0. The van der Waals surface area contributed by atoms with E-state index in [1.807, 2.05) is 0 Å². The second kappa shape index (κ2) is 5.41. The second-order valence-electron chi connectivity index (χ2n) is 4.56. The van der Waals surface area contributed by atoms with Crippen LogP contribution >= 0.6 is 0 Å². The van der Waals surface area contributed by atoms with Gasteiger partial charge in [-0.1, -0.05) is 20.3 Å². The van der Waals surface area contributed by atoms with Gasteiger partial charge in [0.25, 0.3) is 0 Å². The van der Waals surface area contributed by atoms with E-state index in [9.17, 15) is 35.1 Å². The SMILES string of the molecule is CCC(C)CCC(N)(F)C(F)(F)C(F)(F)C(F)(F)F. The van der Waals surface area contributed by atoms with Gasteiger partial charge in [0.2, 0.25) is 5.79 Å². The molecule has 0 heterocycles. The topological polar surface area (TPSA) is 26.0 Å². The summed E-state index contributed by atoms with van der Waals surface area (Å²) in [5.41, 5.74) is 4.38. The van der Waals surface area contributed by atoms with Crippen LogP contribution in [0, 0.1) is 5.92 Å². The summed E-state index contributed by atoms with van der Waals surface area (Å²) >= 11 is 0. The van der Waals surface area contributed by atoms with E-state index in [1.165, 1.54) is 6.92 Å². The highest BCUT2D eigenvalue weighted by atomic mass is 19.4. The fraction of sp³-hybridized carbons (Fsp3) is 1.00. The summed E-state index contributed by atoms with van der Waals surface area (Å²) in [4.78, 5) is 0. The smallest absolute Gasteiger partial charge is 0.294 e. The van der Waals surface area contributed by atoms with Crippen LogP contribution in [0.25, 0.3) is 0 Å². The molecule has 0 radical (unpaired) electrons. The molecule has 116 valence electrons. The number of halogens is 8. The second-order valence-corrected chi connectivity index (χ2v) is 4.56. The van der Waals surface area contributed by atoms with E-state index in [0.29, 0.717) is 6.42 Å². The van der Waals surface area contributed by atoms with Crippen molar-refractivity contribution in [2.24, 2.45) is 11.7 Å². The van der Waals surface area contributed by atoms with Crippen LogP contribution < -0.4 is 5.73 Å². The van der Waals surface area contributed by atoms with Crippen LogP contribution in [0.3, 0.4) is 0 Å². The van der Waals surface area contributed by atoms with E-state index in [2.05, 4.69) is 5.73 Å². The Hall–Kier alpha value is -0.600. The minimum atomic E-state index is -6.58. The molecule has 0 aromatic heterocycles. The molecule has 0 saturated carbocycles. The summed E-state index contributed by atoms with van der Waals surface area (Å²) in [6.45, 7) is 3.14. The molecule has 0 fully saturated rings. The first-order valence-corrected chi connectivity index (χ1v) is 5.51. The lowest BCUT2D eigenvalue weighted by molar-refractivity contribution is -0.380. The molecular formula is C10H15F8N. The molecule has 0 aromatic rings. The van der Waals surface area contributed by atoms with Crippen molar-refractivity contribution in [3.05, 3.63) is 0 Å². The molecule has 0 spiro atoms. The van der Waals surface area contributed by atoms with E-state index in [1.54, 1.807) is 6.92 Å². The average molecular weight is 301 g/mol. The van der Waals surface area contributed by atoms with Gasteiger partial charge in [0, 0.05) is 6.42 Å². The Bertz CT molecular complexity index is 296. The number of hydrogen-bond donors (Lipinski definition) is 1. The van der Waals surface area contributed by atoms with Crippen LogP contribution in [-0.4, -0.2) is 23.8 Å². The van der Waals surface area contributed by atoms with Crippen LogP contribution in [0.2, 0.25) is 0 Å². The van der Waals surface area contributed by atoms with E-state index in [4.69, 9.17) is 0 Å². The maximum absolute atomic E-state index is 13.4. The van der Waals surface area contributed by atoms with Crippen LogP contribution in [0.5, 0.6) is 0 Å². The van der Waals surface area contributed by atoms with Crippen LogP contribution in [-0.2, 0) is 0 Å². The zero-order valence-electron chi connectivity index (χ0n) is 10.3. The summed E-state index contributed by atoms with van der Waals surface area (Å²) in [5.74, 6) is -17.3. The highest BCUT2D eigenvalue weighted by Crippen LogP contribution is 2.52. The molecule has 19 heavy (non-hydrogen) atoms. The number of hydrogen-bond acceptors (Lipinski definition) is 1. The van der Waals surface area contributed by atoms with Gasteiger partial charge in [0.1, 0.15) is 0 Å². The van der Waals surface area contributed by atoms with E-state index >= 15 is 0 Å². The summed E-state index contributed by atoms with van der Waals surface area (Å²) < 4.78 is 100. The Morgan fingerprint density at radius 3 is 1.63 bits per heavy atom. The van der Waals surface area contributed by atoms with Gasteiger partial charge >= 0.3 is 18.0 Å². The van der Waals surface area contributed by atoms with Crippen molar-refractivity contribution in [3.8, 4) is 0 Å². The Balaban J connectivity index is 5.17. The fourth-order valence-electron chi connectivity index (χ4n) is 1.26. The first-order chi connectivity index (χ1) is 8.20. The minimum absolute atomic E-state index is 0.325. The molecular weight excluding hydrogens is 286 g/mol. The maximum Gasteiger partial charge on any atom is 0.460 e. The summed E-state index contributed by atoms with van der Waals surface area (Å²) in [6.07, 6.45) is -7.77. The maximum atomic E-state index is 13.4. The average Bonchev–Trinajstić information content (AvgIpc) is 2.23. The normalized spacial score (nSPS) is 19.1. The number of alkyl halides is 8. The molecule has 1 nitrogen and oxygen atoms in total. The lowest BCUT2D eigenvalue weighted by atomic mass is 9.92. The Labute approximate surface area is 105 Å². The lowest BCUT2D eigenvalue weighted by Gasteiger charge is -2.36. The molecule has 2 unspecified atom stereocenters. The van der Waals surface area contributed by atoms with Gasteiger partial charge in [-0.15, -0.1) is 0 Å². The van der Waals surface area contributed by atoms with Crippen molar-refractivity contribution < 1.29 is 35.1 Å². The van der Waals surface area contributed by atoms with E-state index in [0.717, 1.165) is 0 Å². The molecule has 0 aliphatic rings. The molecule has 2 atom stereocenters. The van der Waals surface area contributed by atoms with Gasteiger partial charge in [-0.25, -0.2) is 4.39 Å². The minimum Gasteiger partial charge on any atom is -0.294 e. The predicted molar refractivity (Wildman–Crippen MR) is 52.7 cm³/mol. The highest BCUT2D eigenvalue weighted by Gasteiger charge is 2.79. The van der Waals surface area contributed by atoms with Crippen molar-refractivity contribution in [1.29, 1.82) is 0 Å². The molecule has 0 aromatic carbocycles. The molecule has 0 bridgehead atoms. The first kappa shape index (κ1) is 18.4. The molecule has 0 amide bonds. The Morgan fingerprint density at radius 1 is 0.895 bits per heavy atom. The third-order valence-corrected chi connectivity index (χ3v) is 2.97. The van der Waals surface area contributed by atoms with Gasteiger partial charge in [-0.05, 0) is 12.3 Å². The van der Waals surface area contributed by atoms with Gasteiger partial charge in [0.15, 0.2) is 0 Å². The highest BCUT2D eigenvalue weighted by molar-refractivity contribution is 5.02. The zero-order valence-corrected chi connectivity index (χ0v) is 10.3. The first-order valence-electron chi connectivity index (χ1n) is 5.51. The molecule has 0 aliphatic heterocycles. The standard InChI is InChI=1S/C10H15F8N/c1-3-6(2)4-5-7(11,19)8(12,13)9(14,15)10(16,17)18/h6H,3-5,19H2,1-2H3. The van der Waals surface area contributed by atoms with Crippen molar-refractivity contribution in [2.45, 2.75) is 56.9 Å². The molecule has 2 N–H and O–H groups in total. The van der Waals surface area contributed by atoms with Gasteiger partial charge in [-0.3, -0.25) is 5.73 Å². The summed E-state index contributed by atoms with van der Waals surface area (Å²) in [6, 6.07) is 0. The number of nitrogens with two attached hydrogens (primary N) is 1. The molecule has 0 saturated heterocycles. The third-order valence-electron chi connectivity index (χ3n) is 2.97. The van der Waals surface area contributed by atoms with Gasteiger partial charge < -0.3 is 0 Å². The fourth-order valence-corrected chi connectivity index (χ4v) is 1.26. The van der Waals surface area contributed by atoms with Crippen LogP contribution in [0.4, 0.5) is 35.1 Å². The monoisotopic (exact) mass is 301 g/mol.